The zero-order valence-corrected chi connectivity index (χ0v) is 8.59. The second-order valence-electron chi connectivity index (χ2n) is 3.44. The first-order chi connectivity index (χ1) is 5.66. The third-order valence-electron chi connectivity index (χ3n) is 2.55. The van der Waals surface area contributed by atoms with Gasteiger partial charge >= 0.3 is 0 Å². The van der Waals surface area contributed by atoms with Crippen LogP contribution in [0.5, 0.6) is 0 Å². The van der Waals surface area contributed by atoms with Gasteiger partial charge in [-0.3, -0.25) is 0 Å². The van der Waals surface area contributed by atoms with E-state index in [1.54, 1.807) is 0 Å². The highest BCUT2D eigenvalue weighted by atomic mass is 15.1. The second-order valence-corrected chi connectivity index (χ2v) is 3.44. The number of nitrogens with zero attached hydrogens (tertiary/aromatic N) is 2. The lowest BCUT2D eigenvalue weighted by Gasteiger charge is -1.95. The minimum Gasteiger partial charge on any atom is -0.237 e. The topological polar surface area (TPSA) is 8.81 Å². The van der Waals surface area contributed by atoms with Gasteiger partial charge in [0.25, 0.3) is 0 Å². The van der Waals surface area contributed by atoms with Gasteiger partial charge in [-0.15, -0.1) is 0 Å². The molecule has 68 valence electrons. The number of aromatic nitrogens is 2. The quantitative estimate of drug-likeness (QED) is 0.606. The smallest absolute Gasteiger partial charge is 0.237 e. The molecule has 0 unspecified atom stereocenters. The number of hydrogen-bond donors (Lipinski definition) is 0. The number of aryl methyl sites for hydroxylation is 2. The van der Waals surface area contributed by atoms with Gasteiger partial charge in [-0.2, -0.15) is 0 Å². The summed E-state index contributed by atoms with van der Waals surface area (Å²) in [5.74, 6) is 0. The molecule has 0 saturated heterocycles. The molecule has 1 aromatic heterocycles. The van der Waals surface area contributed by atoms with E-state index in [1.807, 2.05) is 0 Å². The van der Waals surface area contributed by atoms with Crippen LogP contribution in [0.25, 0.3) is 0 Å². The fourth-order valence-electron chi connectivity index (χ4n) is 1.40. The zero-order chi connectivity index (χ0) is 9.14. The Morgan fingerprint density at radius 2 is 2.08 bits per heavy atom. The molecule has 2 nitrogen and oxygen atoms in total. The highest BCUT2D eigenvalue weighted by Gasteiger charge is 2.11. The van der Waals surface area contributed by atoms with Crippen molar-refractivity contribution < 1.29 is 4.57 Å². The molecule has 12 heavy (non-hydrogen) atoms. The molecule has 1 heterocycles. The van der Waals surface area contributed by atoms with E-state index in [4.69, 9.17) is 0 Å². The van der Waals surface area contributed by atoms with Crippen molar-refractivity contribution in [1.29, 1.82) is 0 Å². The van der Waals surface area contributed by atoms with Crippen molar-refractivity contribution in [3.63, 3.8) is 0 Å². The molecular formula is C10H19N2+. The van der Waals surface area contributed by atoms with Crippen molar-refractivity contribution in [2.75, 3.05) is 0 Å². The Labute approximate surface area is 74.8 Å². The summed E-state index contributed by atoms with van der Waals surface area (Å²) in [4.78, 5) is 0. The van der Waals surface area contributed by atoms with E-state index in [0.29, 0.717) is 0 Å². The van der Waals surface area contributed by atoms with Crippen molar-refractivity contribution in [3.8, 4) is 0 Å². The van der Waals surface area contributed by atoms with Crippen LogP contribution in [0.1, 0.15) is 31.2 Å². The van der Waals surface area contributed by atoms with E-state index >= 15 is 0 Å². The van der Waals surface area contributed by atoms with Crippen molar-refractivity contribution >= 4 is 0 Å². The summed E-state index contributed by atoms with van der Waals surface area (Å²) in [5.41, 5.74) is 2.76. The molecule has 0 saturated carbocycles. The first kappa shape index (κ1) is 9.30. The normalized spacial score (nSPS) is 10.7. The molecule has 0 aliphatic heterocycles. The summed E-state index contributed by atoms with van der Waals surface area (Å²) in [6.45, 7) is 7.73. The van der Waals surface area contributed by atoms with Gasteiger partial charge < -0.3 is 0 Å². The van der Waals surface area contributed by atoms with Crippen LogP contribution in [-0.2, 0) is 13.6 Å². The Balaban J connectivity index is 2.79. The maximum Gasteiger partial charge on any atom is 0.243 e. The molecule has 0 atom stereocenters. The summed E-state index contributed by atoms with van der Waals surface area (Å²) < 4.78 is 4.52. The fourth-order valence-corrected chi connectivity index (χ4v) is 1.40. The fraction of sp³-hybridized carbons (Fsp3) is 0.700. The lowest BCUT2D eigenvalue weighted by Crippen LogP contribution is -2.28. The van der Waals surface area contributed by atoms with Crippen molar-refractivity contribution in [3.05, 3.63) is 17.7 Å². The van der Waals surface area contributed by atoms with Gasteiger partial charge in [0.1, 0.15) is 11.4 Å². The van der Waals surface area contributed by atoms with Gasteiger partial charge in [0.05, 0.1) is 13.6 Å². The van der Waals surface area contributed by atoms with Crippen LogP contribution in [0.15, 0.2) is 6.33 Å². The van der Waals surface area contributed by atoms with Gasteiger partial charge in [-0.25, -0.2) is 9.13 Å². The minimum atomic E-state index is 1.16. The Kier molecular flexibility index (Phi) is 2.90. The van der Waals surface area contributed by atoms with Crippen LogP contribution in [0.2, 0.25) is 0 Å². The highest BCUT2D eigenvalue weighted by Crippen LogP contribution is 2.03. The van der Waals surface area contributed by atoms with Gasteiger partial charge in [0, 0.05) is 13.8 Å². The third kappa shape index (κ3) is 1.68. The van der Waals surface area contributed by atoms with E-state index in [0.717, 1.165) is 6.54 Å². The van der Waals surface area contributed by atoms with Crippen LogP contribution >= 0.6 is 0 Å². The molecule has 0 amide bonds. The predicted molar refractivity (Wildman–Crippen MR) is 50.0 cm³/mol. The largest absolute Gasteiger partial charge is 0.243 e. The Morgan fingerprint density at radius 3 is 2.50 bits per heavy atom. The van der Waals surface area contributed by atoms with Crippen molar-refractivity contribution in [1.82, 2.24) is 4.57 Å². The summed E-state index contributed by atoms with van der Waals surface area (Å²) in [7, 11) is 2.10. The van der Waals surface area contributed by atoms with Crippen LogP contribution in [0, 0.1) is 13.8 Å². The SMILES string of the molecule is CCCCn1c[n+](C)c(C)c1C. The van der Waals surface area contributed by atoms with E-state index in [9.17, 15) is 0 Å². The van der Waals surface area contributed by atoms with Crippen LogP contribution in [0.4, 0.5) is 0 Å². The molecule has 0 aliphatic rings. The van der Waals surface area contributed by atoms with Crippen molar-refractivity contribution in [2.24, 2.45) is 7.05 Å². The van der Waals surface area contributed by atoms with Gasteiger partial charge in [-0.1, -0.05) is 13.3 Å². The standard InChI is InChI=1S/C10H19N2/c1-5-6-7-12-8-11(4)9(2)10(12)3/h8H,5-7H2,1-4H3/q+1. The summed E-state index contributed by atoms with van der Waals surface area (Å²) in [6, 6.07) is 0. The molecular weight excluding hydrogens is 148 g/mol. The van der Waals surface area contributed by atoms with Gasteiger partial charge in [-0.05, 0) is 6.42 Å². The van der Waals surface area contributed by atoms with Gasteiger partial charge in [0.2, 0.25) is 6.33 Å². The summed E-state index contributed by atoms with van der Waals surface area (Å²) >= 11 is 0. The molecule has 2 heteroatoms. The molecule has 0 aromatic carbocycles. The second kappa shape index (κ2) is 3.74. The Bertz CT molecular complexity index is 261. The maximum absolute atomic E-state index is 2.33. The zero-order valence-electron chi connectivity index (χ0n) is 8.59. The van der Waals surface area contributed by atoms with Crippen molar-refractivity contribution in [2.45, 2.75) is 40.2 Å². The molecule has 0 aliphatic carbocycles. The van der Waals surface area contributed by atoms with E-state index in [1.165, 1.54) is 24.2 Å². The minimum absolute atomic E-state index is 1.16. The Morgan fingerprint density at radius 1 is 1.42 bits per heavy atom. The number of hydrogen-bond acceptors (Lipinski definition) is 0. The van der Waals surface area contributed by atoms with Crippen LogP contribution in [0.3, 0.4) is 0 Å². The molecule has 0 fully saturated rings. The highest BCUT2D eigenvalue weighted by molar-refractivity contribution is 5.02. The Hall–Kier alpha value is -0.790. The predicted octanol–water partition coefficient (Wildman–Crippen LogP) is 1.73. The van der Waals surface area contributed by atoms with E-state index in [-0.39, 0.29) is 0 Å². The maximum atomic E-state index is 2.33. The summed E-state index contributed by atoms with van der Waals surface area (Å²) in [6.07, 6.45) is 4.72. The molecule has 0 N–H and O–H groups in total. The van der Waals surface area contributed by atoms with E-state index < -0.39 is 0 Å². The first-order valence-electron chi connectivity index (χ1n) is 4.68. The molecule has 0 bridgehead atoms. The lowest BCUT2D eigenvalue weighted by atomic mass is 10.3. The average Bonchev–Trinajstić information content (AvgIpc) is 2.30. The third-order valence-corrected chi connectivity index (χ3v) is 2.55. The lowest BCUT2D eigenvalue weighted by molar-refractivity contribution is -0.677. The summed E-state index contributed by atoms with van der Waals surface area (Å²) in [5, 5.41) is 0. The van der Waals surface area contributed by atoms with Gasteiger partial charge in [0.15, 0.2) is 0 Å². The van der Waals surface area contributed by atoms with Crippen LogP contribution < -0.4 is 4.57 Å². The molecule has 0 spiro atoms. The van der Waals surface area contributed by atoms with E-state index in [2.05, 4.69) is 43.3 Å². The number of rotatable bonds is 3. The number of imidazole rings is 1. The first-order valence-corrected chi connectivity index (χ1v) is 4.68. The molecule has 1 rings (SSSR count). The molecule has 0 radical (unpaired) electrons. The monoisotopic (exact) mass is 167 g/mol. The molecule has 1 aromatic rings. The average molecular weight is 167 g/mol. The number of unbranched alkanes of at least 4 members (excludes halogenated alkanes) is 1. The van der Waals surface area contributed by atoms with Crippen LogP contribution in [-0.4, -0.2) is 4.57 Å².